The van der Waals surface area contributed by atoms with Gasteiger partial charge in [0.1, 0.15) is 17.6 Å². The number of carboxylic acids is 1. The number of carbonyl (C=O) groups excluding carboxylic acids is 3. The minimum atomic E-state index is -3.42. The van der Waals surface area contributed by atoms with E-state index in [2.05, 4.69) is 16.0 Å². The minimum absolute atomic E-state index is 0.0295. The number of aliphatic carboxylic acids is 1. The van der Waals surface area contributed by atoms with E-state index in [9.17, 15) is 32.7 Å². The Labute approximate surface area is 242 Å². The Morgan fingerprint density at radius 3 is 2.56 bits per heavy atom. The number of hydrogen-bond acceptors (Lipinski definition) is 6. The molecule has 2 unspecified atom stereocenters. The summed E-state index contributed by atoms with van der Waals surface area (Å²) in [4.78, 5) is 53.8. The van der Waals surface area contributed by atoms with Gasteiger partial charge in [0.25, 0.3) is 0 Å². The molecule has 4 amide bonds. The molecule has 0 radical (unpaired) electrons. The van der Waals surface area contributed by atoms with Crippen molar-refractivity contribution >= 4 is 33.8 Å². The molecule has 0 spiro atoms. The first-order valence-electron chi connectivity index (χ1n) is 15.0. The van der Waals surface area contributed by atoms with E-state index in [0.29, 0.717) is 38.6 Å². The quantitative estimate of drug-likeness (QED) is 0.309. The predicted octanol–water partition coefficient (Wildman–Crippen LogP) is 1.58. The van der Waals surface area contributed by atoms with Crippen molar-refractivity contribution in [1.82, 2.24) is 25.2 Å². The van der Waals surface area contributed by atoms with Gasteiger partial charge in [-0.05, 0) is 64.2 Å². The summed E-state index contributed by atoms with van der Waals surface area (Å²) in [7, 11) is -1.90. The average Bonchev–Trinajstić information content (AvgIpc) is 3.36. The molecule has 2 saturated carbocycles. The molecule has 1 saturated heterocycles. The van der Waals surface area contributed by atoms with Crippen molar-refractivity contribution in [3.63, 3.8) is 0 Å². The molecule has 4 rings (SSSR count). The smallest absolute Gasteiger partial charge is 0.330 e. The lowest BCUT2D eigenvalue weighted by atomic mass is 9.79. The molecular formula is C28H45N5O7S. The summed E-state index contributed by atoms with van der Waals surface area (Å²) in [5.74, 6) is -2.04. The highest BCUT2D eigenvalue weighted by atomic mass is 32.2. The van der Waals surface area contributed by atoms with E-state index in [-0.39, 0.29) is 36.1 Å². The van der Waals surface area contributed by atoms with Crippen molar-refractivity contribution < 1.29 is 32.7 Å². The summed E-state index contributed by atoms with van der Waals surface area (Å²) in [6.45, 7) is 2.09. The van der Waals surface area contributed by atoms with E-state index in [1.54, 1.807) is 6.92 Å². The topological polar surface area (TPSA) is 165 Å². The van der Waals surface area contributed by atoms with Crippen LogP contribution in [0.25, 0.3) is 0 Å². The molecule has 12 nitrogen and oxygen atoms in total. The van der Waals surface area contributed by atoms with Crippen LogP contribution in [0.5, 0.6) is 0 Å². The van der Waals surface area contributed by atoms with Gasteiger partial charge in [-0.15, -0.1) is 0 Å². The fourth-order valence-corrected chi connectivity index (χ4v) is 7.04. The second-order valence-corrected chi connectivity index (χ2v) is 14.3. The molecule has 4 aliphatic rings. The number of amides is 4. The summed E-state index contributed by atoms with van der Waals surface area (Å²) in [6, 6.07) is -2.57. The van der Waals surface area contributed by atoms with E-state index in [4.69, 9.17) is 0 Å². The molecular weight excluding hydrogens is 550 g/mol. The largest absolute Gasteiger partial charge is 0.479 e. The van der Waals surface area contributed by atoms with Gasteiger partial charge in [0, 0.05) is 32.1 Å². The van der Waals surface area contributed by atoms with Crippen LogP contribution in [0.15, 0.2) is 12.2 Å². The van der Waals surface area contributed by atoms with E-state index in [1.165, 1.54) is 16.3 Å². The van der Waals surface area contributed by atoms with Crippen molar-refractivity contribution in [3.05, 3.63) is 12.2 Å². The van der Waals surface area contributed by atoms with Gasteiger partial charge in [-0.1, -0.05) is 31.4 Å². The maximum atomic E-state index is 13.8. The van der Waals surface area contributed by atoms with Crippen molar-refractivity contribution in [2.45, 2.75) is 101 Å². The van der Waals surface area contributed by atoms with Gasteiger partial charge in [-0.2, -0.15) is 0 Å². The standard InChI is InChI=1S/C28H45N5O7S/c1-3-41(39,40)32(2)18-22(19-11-9-12-19)30-27(38)29-21-14-8-6-4-5-7-13-20-17-28(20,26(36)37)31-24(34)23-15-10-16-33(23)25(21)35/h7,13,19-23H,3-6,8-12,14-18H2,1-2H3,(H,31,34)(H,36,37)(H2,29,30,38)/b13-7-/t20?,21-,22?,23-,28+/m0/s1. The zero-order valence-corrected chi connectivity index (χ0v) is 25.0. The highest BCUT2D eigenvalue weighted by Crippen LogP contribution is 2.45. The normalized spacial score (nSPS) is 31.0. The Kier molecular flexibility index (Phi) is 9.99. The Hall–Kier alpha value is -2.67. The number of fused-ring (bicyclic) bond motifs is 2. The van der Waals surface area contributed by atoms with Crippen LogP contribution in [0.1, 0.15) is 77.6 Å². The summed E-state index contributed by atoms with van der Waals surface area (Å²) in [6.07, 6.45) is 11.6. The molecule has 41 heavy (non-hydrogen) atoms. The lowest BCUT2D eigenvalue weighted by Crippen LogP contribution is -2.59. The molecule has 13 heteroatoms. The zero-order valence-electron chi connectivity index (χ0n) is 24.1. The highest BCUT2D eigenvalue weighted by molar-refractivity contribution is 7.89. The average molecular weight is 596 g/mol. The molecule has 0 aromatic heterocycles. The van der Waals surface area contributed by atoms with E-state index in [1.807, 2.05) is 12.2 Å². The van der Waals surface area contributed by atoms with Gasteiger partial charge < -0.3 is 26.0 Å². The highest BCUT2D eigenvalue weighted by Gasteiger charge is 2.61. The van der Waals surface area contributed by atoms with Gasteiger partial charge >= 0.3 is 12.0 Å². The van der Waals surface area contributed by atoms with Gasteiger partial charge in [0.15, 0.2) is 0 Å². The third-order valence-electron chi connectivity index (χ3n) is 9.25. The van der Waals surface area contributed by atoms with Crippen LogP contribution in [-0.2, 0) is 24.4 Å². The summed E-state index contributed by atoms with van der Waals surface area (Å²) < 4.78 is 26.0. The second-order valence-electron chi connectivity index (χ2n) is 12.0. The first-order chi connectivity index (χ1) is 19.5. The summed E-state index contributed by atoms with van der Waals surface area (Å²) >= 11 is 0. The molecule has 3 fully saturated rings. The molecule has 5 atom stereocenters. The predicted molar refractivity (Wildman–Crippen MR) is 152 cm³/mol. The molecule has 2 aliphatic heterocycles. The summed E-state index contributed by atoms with van der Waals surface area (Å²) in [5.41, 5.74) is -1.34. The number of carbonyl (C=O) groups is 4. The Morgan fingerprint density at radius 2 is 1.90 bits per heavy atom. The van der Waals surface area contributed by atoms with Crippen molar-refractivity contribution in [3.8, 4) is 0 Å². The van der Waals surface area contributed by atoms with Crippen molar-refractivity contribution in [2.24, 2.45) is 11.8 Å². The number of nitrogens with zero attached hydrogens (tertiary/aromatic N) is 2. The van der Waals surface area contributed by atoms with E-state index in [0.717, 1.165) is 38.5 Å². The van der Waals surface area contributed by atoms with Crippen LogP contribution in [-0.4, -0.2) is 96.1 Å². The molecule has 0 aromatic rings. The van der Waals surface area contributed by atoms with Gasteiger partial charge in [-0.25, -0.2) is 22.3 Å². The molecule has 230 valence electrons. The number of allylic oxidation sites excluding steroid dienone is 1. The first-order valence-corrected chi connectivity index (χ1v) is 16.6. The maximum Gasteiger partial charge on any atom is 0.330 e. The Balaban J connectivity index is 1.47. The number of sulfonamides is 1. The van der Waals surface area contributed by atoms with Crippen molar-refractivity contribution in [1.29, 1.82) is 0 Å². The number of carboxylic acid groups (broad SMARTS) is 1. The van der Waals surface area contributed by atoms with E-state index < -0.39 is 45.6 Å². The number of nitrogens with one attached hydrogen (secondary N) is 3. The van der Waals surface area contributed by atoms with Crippen LogP contribution in [0.3, 0.4) is 0 Å². The Bertz CT molecular complexity index is 1140. The third-order valence-corrected chi connectivity index (χ3v) is 11.1. The monoisotopic (exact) mass is 595 g/mol. The van der Waals surface area contributed by atoms with Crippen LogP contribution in [0, 0.1) is 11.8 Å². The molecule has 2 aliphatic carbocycles. The van der Waals surface area contributed by atoms with E-state index >= 15 is 0 Å². The molecule has 0 aromatic carbocycles. The van der Waals surface area contributed by atoms with Gasteiger partial charge in [-0.3, -0.25) is 9.59 Å². The lowest BCUT2D eigenvalue weighted by Gasteiger charge is -2.36. The van der Waals surface area contributed by atoms with Gasteiger partial charge in [0.2, 0.25) is 21.8 Å². The van der Waals surface area contributed by atoms with Crippen LogP contribution < -0.4 is 16.0 Å². The third kappa shape index (κ3) is 7.22. The minimum Gasteiger partial charge on any atom is -0.479 e. The molecule has 4 N–H and O–H groups in total. The zero-order chi connectivity index (χ0) is 29.8. The Morgan fingerprint density at radius 1 is 1.15 bits per heavy atom. The SMILES string of the molecule is CCS(=O)(=O)N(C)CC(NC(=O)N[C@H]1CCCCC/C=C\C2C[C@@]2(C(=O)O)NC(=O)[C@@H]2CCCN2C1=O)C1CCC1. The lowest BCUT2D eigenvalue weighted by molar-refractivity contribution is -0.145. The number of hydrogen-bond donors (Lipinski definition) is 4. The second kappa shape index (κ2) is 13.1. The summed E-state index contributed by atoms with van der Waals surface area (Å²) in [5, 5.41) is 18.4. The van der Waals surface area contributed by atoms with Crippen LogP contribution >= 0.6 is 0 Å². The number of rotatable bonds is 8. The maximum absolute atomic E-state index is 13.8. The molecule has 0 bridgehead atoms. The van der Waals surface area contributed by atoms with Crippen molar-refractivity contribution in [2.75, 3.05) is 25.9 Å². The van der Waals surface area contributed by atoms with Gasteiger partial charge in [0.05, 0.1) is 5.75 Å². The fraction of sp³-hybridized carbons (Fsp3) is 0.786. The number of likely N-dealkylation sites (N-methyl/N-ethyl adjacent to an activating group) is 1. The first kappa shape index (κ1) is 31.3. The molecule has 2 heterocycles. The van der Waals surface area contributed by atoms with Crippen LogP contribution in [0.2, 0.25) is 0 Å². The van der Waals surface area contributed by atoms with Crippen LogP contribution in [0.4, 0.5) is 4.79 Å². The number of urea groups is 1. The fourth-order valence-electron chi connectivity index (χ4n) is 6.21.